The highest BCUT2D eigenvalue weighted by Gasteiger charge is 2.41. The number of amides is 1. The van der Waals surface area contributed by atoms with Crippen LogP contribution >= 0.6 is 0 Å². The summed E-state index contributed by atoms with van der Waals surface area (Å²) in [4.78, 5) is 11.7. The van der Waals surface area contributed by atoms with Gasteiger partial charge >= 0.3 is 0 Å². The normalized spacial score (nSPS) is 35.9. The number of hydrogen-bond donors (Lipinski definition) is 2. The third kappa shape index (κ3) is 2.16. The summed E-state index contributed by atoms with van der Waals surface area (Å²) < 4.78 is 5.67. The zero-order valence-corrected chi connectivity index (χ0v) is 9.40. The molecule has 0 saturated carbocycles. The van der Waals surface area contributed by atoms with E-state index in [1.54, 1.807) is 0 Å². The molecule has 86 valence electrons. The summed E-state index contributed by atoms with van der Waals surface area (Å²) in [7, 11) is 0. The minimum atomic E-state index is -0.399. The molecule has 4 nitrogen and oxygen atoms in total. The number of rotatable bonds is 3. The Bertz CT molecular complexity index is 255. The Morgan fingerprint density at radius 2 is 2.20 bits per heavy atom. The molecule has 2 heterocycles. The Morgan fingerprint density at radius 1 is 1.47 bits per heavy atom. The Hall–Kier alpha value is -0.610. The smallest absolute Gasteiger partial charge is 0.237 e. The van der Waals surface area contributed by atoms with Crippen LogP contribution in [-0.2, 0) is 9.53 Å². The van der Waals surface area contributed by atoms with Gasteiger partial charge < -0.3 is 15.8 Å². The SMILES string of the molecule is CC(C)C(N)C(=O)N[C@@H]1C[C@H]2CC[C@@H]1O2. The van der Waals surface area contributed by atoms with Gasteiger partial charge in [-0.25, -0.2) is 0 Å². The summed E-state index contributed by atoms with van der Waals surface area (Å²) in [5.74, 6) is 0.149. The molecule has 2 bridgehead atoms. The summed E-state index contributed by atoms with van der Waals surface area (Å²) in [6.45, 7) is 3.92. The maximum absolute atomic E-state index is 11.7. The lowest BCUT2D eigenvalue weighted by Crippen LogP contribution is -2.50. The Labute approximate surface area is 90.5 Å². The second-order valence-corrected chi connectivity index (χ2v) is 4.99. The van der Waals surface area contributed by atoms with Gasteiger partial charge in [-0.05, 0) is 25.2 Å². The van der Waals surface area contributed by atoms with Gasteiger partial charge in [-0.2, -0.15) is 0 Å². The average Bonchev–Trinajstić information content (AvgIpc) is 2.77. The van der Waals surface area contributed by atoms with Gasteiger partial charge in [0.1, 0.15) is 0 Å². The molecule has 1 unspecified atom stereocenters. The first kappa shape index (κ1) is 10.9. The minimum absolute atomic E-state index is 0.0360. The number of hydrogen-bond acceptors (Lipinski definition) is 3. The summed E-state index contributed by atoms with van der Waals surface area (Å²) in [6, 6.07) is -0.204. The van der Waals surface area contributed by atoms with Gasteiger partial charge in [0.05, 0.1) is 24.3 Å². The predicted molar refractivity (Wildman–Crippen MR) is 57.3 cm³/mol. The molecule has 2 rings (SSSR count). The van der Waals surface area contributed by atoms with Crippen molar-refractivity contribution in [2.24, 2.45) is 11.7 Å². The van der Waals surface area contributed by atoms with Crippen molar-refractivity contribution in [3.05, 3.63) is 0 Å². The van der Waals surface area contributed by atoms with Crippen LogP contribution in [0.2, 0.25) is 0 Å². The van der Waals surface area contributed by atoms with Gasteiger partial charge in [0.15, 0.2) is 0 Å². The number of carbonyl (C=O) groups is 1. The number of ether oxygens (including phenoxy) is 1. The van der Waals surface area contributed by atoms with Crippen LogP contribution in [0.5, 0.6) is 0 Å². The summed E-state index contributed by atoms with van der Waals surface area (Å²) in [6.07, 6.45) is 3.79. The van der Waals surface area contributed by atoms with Crippen LogP contribution < -0.4 is 11.1 Å². The van der Waals surface area contributed by atoms with E-state index in [-0.39, 0.29) is 24.0 Å². The second-order valence-electron chi connectivity index (χ2n) is 4.99. The highest BCUT2D eigenvalue weighted by molar-refractivity contribution is 5.82. The maximum Gasteiger partial charge on any atom is 0.237 e. The molecule has 15 heavy (non-hydrogen) atoms. The van der Waals surface area contributed by atoms with Gasteiger partial charge in [0, 0.05) is 0 Å². The predicted octanol–water partition coefficient (Wildman–Crippen LogP) is 0.406. The van der Waals surface area contributed by atoms with Crippen molar-refractivity contribution in [1.29, 1.82) is 0 Å². The number of fused-ring (bicyclic) bond motifs is 2. The van der Waals surface area contributed by atoms with E-state index in [0.29, 0.717) is 6.10 Å². The third-order valence-corrected chi connectivity index (χ3v) is 3.45. The van der Waals surface area contributed by atoms with Crippen LogP contribution in [0, 0.1) is 5.92 Å². The molecule has 4 atom stereocenters. The molecule has 2 aliphatic rings. The van der Waals surface area contributed by atoms with Crippen molar-refractivity contribution in [3.63, 3.8) is 0 Å². The van der Waals surface area contributed by atoms with Crippen LogP contribution in [0.15, 0.2) is 0 Å². The summed E-state index contributed by atoms with van der Waals surface area (Å²) in [5.41, 5.74) is 5.78. The summed E-state index contributed by atoms with van der Waals surface area (Å²) in [5, 5.41) is 3.00. The molecule has 3 N–H and O–H groups in total. The number of nitrogens with two attached hydrogens (primary N) is 1. The topological polar surface area (TPSA) is 64.4 Å². The molecule has 1 amide bonds. The first-order valence-electron chi connectivity index (χ1n) is 5.79. The number of carbonyl (C=O) groups excluding carboxylic acids is 1. The van der Waals surface area contributed by atoms with Crippen LogP contribution in [0.1, 0.15) is 33.1 Å². The van der Waals surface area contributed by atoms with Crippen molar-refractivity contribution >= 4 is 5.91 Å². The van der Waals surface area contributed by atoms with Crippen molar-refractivity contribution in [2.75, 3.05) is 0 Å². The number of nitrogens with one attached hydrogen (secondary N) is 1. The van der Waals surface area contributed by atoms with E-state index in [0.717, 1.165) is 19.3 Å². The maximum atomic E-state index is 11.7. The first-order valence-corrected chi connectivity index (χ1v) is 5.79. The third-order valence-electron chi connectivity index (χ3n) is 3.45. The van der Waals surface area contributed by atoms with Crippen molar-refractivity contribution in [3.8, 4) is 0 Å². The fourth-order valence-electron chi connectivity index (χ4n) is 2.37. The largest absolute Gasteiger partial charge is 0.373 e. The van der Waals surface area contributed by atoms with Crippen molar-refractivity contribution < 1.29 is 9.53 Å². The molecule has 2 saturated heterocycles. The molecule has 0 aromatic carbocycles. The van der Waals surface area contributed by atoms with E-state index in [1.165, 1.54) is 0 Å². The van der Waals surface area contributed by atoms with E-state index < -0.39 is 6.04 Å². The fraction of sp³-hybridized carbons (Fsp3) is 0.909. The minimum Gasteiger partial charge on any atom is -0.373 e. The molecule has 0 spiro atoms. The van der Waals surface area contributed by atoms with E-state index in [4.69, 9.17) is 10.5 Å². The first-order chi connectivity index (χ1) is 7.08. The van der Waals surface area contributed by atoms with Gasteiger partial charge in [-0.15, -0.1) is 0 Å². The highest BCUT2D eigenvalue weighted by Crippen LogP contribution is 2.34. The van der Waals surface area contributed by atoms with Crippen LogP contribution in [-0.4, -0.2) is 30.2 Å². The molecular weight excluding hydrogens is 192 g/mol. The quantitative estimate of drug-likeness (QED) is 0.712. The van der Waals surface area contributed by atoms with E-state index in [1.807, 2.05) is 13.8 Å². The molecule has 4 heteroatoms. The van der Waals surface area contributed by atoms with Crippen molar-refractivity contribution in [1.82, 2.24) is 5.32 Å². The molecule has 2 aliphatic heterocycles. The lowest BCUT2D eigenvalue weighted by molar-refractivity contribution is -0.124. The Morgan fingerprint density at radius 3 is 2.67 bits per heavy atom. The summed E-state index contributed by atoms with van der Waals surface area (Å²) >= 11 is 0. The fourth-order valence-corrected chi connectivity index (χ4v) is 2.37. The zero-order valence-electron chi connectivity index (χ0n) is 9.40. The molecular formula is C11H20N2O2. The zero-order chi connectivity index (χ0) is 11.0. The van der Waals surface area contributed by atoms with E-state index >= 15 is 0 Å². The standard InChI is InChI=1S/C11H20N2O2/c1-6(2)10(12)11(14)13-8-5-7-3-4-9(8)15-7/h6-10H,3-5,12H2,1-2H3,(H,13,14)/t7-,8-,9+,10?/m1/s1. The molecule has 0 aromatic rings. The van der Waals surface area contributed by atoms with Gasteiger partial charge in [0.25, 0.3) is 0 Å². The van der Waals surface area contributed by atoms with Gasteiger partial charge in [-0.3, -0.25) is 4.79 Å². The lowest BCUT2D eigenvalue weighted by Gasteiger charge is -2.23. The second kappa shape index (κ2) is 4.10. The van der Waals surface area contributed by atoms with Crippen LogP contribution in [0.3, 0.4) is 0 Å². The molecule has 0 aliphatic carbocycles. The Kier molecular flexibility index (Phi) is 2.98. The lowest BCUT2D eigenvalue weighted by atomic mass is 9.94. The van der Waals surface area contributed by atoms with Crippen LogP contribution in [0.25, 0.3) is 0 Å². The van der Waals surface area contributed by atoms with E-state index in [9.17, 15) is 4.79 Å². The molecule has 0 radical (unpaired) electrons. The van der Waals surface area contributed by atoms with Crippen molar-refractivity contribution in [2.45, 2.75) is 57.4 Å². The Balaban J connectivity index is 1.85. The van der Waals surface area contributed by atoms with Crippen LogP contribution in [0.4, 0.5) is 0 Å². The van der Waals surface area contributed by atoms with E-state index in [2.05, 4.69) is 5.32 Å². The molecule has 2 fully saturated rings. The van der Waals surface area contributed by atoms with Gasteiger partial charge in [0.2, 0.25) is 5.91 Å². The molecule has 0 aromatic heterocycles. The monoisotopic (exact) mass is 212 g/mol. The highest BCUT2D eigenvalue weighted by atomic mass is 16.5. The van der Waals surface area contributed by atoms with Gasteiger partial charge in [-0.1, -0.05) is 13.8 Å². The average molecular weight is 212 g/mol.